The van der Waals surface area contributed by atoms with E-state index in [-0.39, 0.29) is 24.9 Å². The van der Waals surface area contributed by atoms with Crippen LogP contribution in [-0.4, -0.2) is 99.2 Å². The first-order chi connectivity index (χ1) is 18.9. The molecule has 10 nitrogen and oxygen atoms in total. The van der Waals surface area contributed by atoms with Gasteiger partial charge in [0.2, 0.25) is 0 Å². The molecule has 1 fully saturated rings. The van der Waals surface area contributed by atoms with Crippen LogP contribution < -0.4 is 14.8 Å². The third-order valence-electron chi connectivity index (χ3n) is 6.88. The number of ether oxygens (including phenoxy) is 3. The molecule has 0 unspecified atom stereocenters. The van der Waals surface area contributed by atoms with Crippen molar-refractivity contribution in [2.24, 2.45) is 5.10 Å². The zero-order chi connectivity index (χ0) is 27.8. The summed E-state index contributed by atoms with van der Waals surface area (Å²) in [4.78, 5) is 30.4. The minimum atomic E-state index is -0.576. The maximum Gasteiger partial charge on any atom is 0.317 e. The molecule has 0 aliphatic carbocycles. The van der Waals surface area contributed by atoms with Crippen LogP contribution in [0.2, 0.25) is 0 Å². The highest BCUT2D eigenvalue weighted by atomic mass is 19.1. The molecule has 2 aliphatic heterocycles. The molecule has 2 aliphatic rings. The van der Waals surface area contributed by atoms with E-state index in [9.17, 15) is 14.0 Å². The number of nitrogens with one attached hydrogen (secondary N) is 1. The van der Waals surface area contributed by atoms with E-state index in [0.29, 0.717) is 61.2 Å². The summed E-state index contributed by atoms with van der Waals surface area (Å²) in [5, 5.41) is 8.74. The Balaban J connectivity index is 1.63. The third-order valence-corrected chi connectivity index (χ3v) is 6.88. The fraction of sp³-hybridized carbons (Fsp3) is 0.464. The van der Waals surface area contributed by atoms with E-state index in [4.69, 9.17) is 14.2 Å². The molecule has 0 bridgehead atoms. The molecule has 0 aromatic heterocycles. The zero-order valence-electron chi connectivity index (χ0n) is 22.7. The highest BCUT2D eigenvalue weighted by Crippen LogP contribution is 2.39. The molecule has 1 saturated heterocycles. The smallest absolute Gasteiger partial charge is 0.317 e. The number of amides is 3. The number of benzene rings is 2. The topological polar surface area (TPSA) is 95.9 Å². The normalized spacial score (nSPS) is 17.5. The van der Waals surface area contributed by atoms with Crippen molar-refractivity contribution in [1.29, 1.82) is 0 Å². The molecule has 210 valence electrons. The fourth-order valence-electron chi connectivity index (χ4n) is 4.78. The highest BCUT2D eigenvalue weighted by molar-refractivity contribution is 6.03. The second-order valence-corrected chi connectivity index (χ2v) is 9.30. The van der Waals surface area contributed by atoms with Crippen LogP contribution in [0.4, 0.5) is 9.18 Å². The Morgan fingerprint density at radius 2 is 1.92 bits per heavy atom. The minimum absolute atomic E-state index is 0.187. The van der Waals surface area contributed by atoms with E-state index in [1.807, 2.05) is 6.92 Å². The monoisotopic (exact) mass is 541 g/mol. The first-order valence-electron chi connectivity index (χ1n) is 13.1. The molecule has 2 aromatic rings. The van der Waals surface area contributed by atoms with E-state index in [2.05, 4.69) is 15.3 Å². The molecule has 1 N–H and O–H groups in total. The van der Waals surface area contributed by atoms with Crippen molar-refractivity contribution in [1.82, 2.24) is 20.1 Å². The van der Waals surface area contributed by atoms with Crippen LogP contribution in [0, 0.1) is 5.82 Å². The molecule has 2 heterocycles. The van der Waals surface area contributed by atoms with Gasteiger partial charge in [-0.1, -0.05) is 18.2 Å². The molecular formula is C28H36FN5O5. The van der Waals surface area contributed by atoms with Gasteiger partial charge in [0.1, 0.15) is 23.9 Å². The van der Waals surface area contributed by atoms with E-state index in [1.165, 1.54) is 16.0 Å². The highest BCUT2D eigenvalue weighted by Gasteiger charge is 2.37. The molecule has 4 rings (SSSR count). The summed E-state index contributed by atoms with van der Waals surface area (Å²) < 4.78 is 31.2. The van der Waals surface area contributed by atoms with Gasteiger partial charge < -0.3 is 24.4 Å². The molecular weight excluding hydrogens is 505 g/mol. The van der Waals surface area contributed by atoms with Gasteiger partial charge in [-0.15, -0.1) is 0 Å². The fourth-order valence-corrected chi connectivity index (χ4v) is 4.78. The molecule has 3 amide bonds. The van der Waals surface area contributed by atoms with Gasteiger partial charge in [0.15, 0.2) is 0 Å². The quantitative estimate of drug-likeness (QED) is 0.497. The Morgan fingerprint density at radius 3 is 2.62 bits per heavy atom. The van der Waals surface area contributed by atoms with Gasteiger partial charge in [-0.3, -0.25) is 9.69 Å². The number of carbonyl (C=O) groups excluding carboxylic acids is 2. The minimum Gasteiger partial charge on any atom is -0.497 e. The first-order valence-corrected chi connectivity index (χ1v) is 13.1. The van der Waals surface area contributed by atoms with Crippen molar-refractivity contribution in [3.63, 3.8) is 0 Å². The van der Waals surface area contributed by atoms with Crippen LogP contribution in [0.3, 0.4) is 0 Å². The number of nitrogens with zero attached hydrogens (tertiary/aromatic N) is 4. The van der Waals surface area contributed by atoms with Gasteiger partial charge in [-0.25, -0.2) is 14.2 Å². The number of hydrogen-bond acceptors (Lipinski definition) is 7. The average molecular weight is 542 g/mol. The van der Waals surface area contributed by atoms with Crippen molar-refractivity contribution in [2.75, 3.05) is 66.7 Å². The SMILES string of the molecule is CCNC(=O)N(CCN1CCOCC1)CC(=O)N1N=C(c2ccccc2F)C[C@@H]1c1cc(OC)ccc1OC. The largest absolute Gasteiger partial charge is 0.497 e. The van der Waals surface area contributed by atoms with Gasteiger partial charge in [0.05, 0.1) is 39.2 Å². The Bertz CT molecular complexity index is 1190. The van der Waals surface area contributed by atoms with Crippen LogP contribution in [0.5, 0.6) is 11.5 Å². The second kappa shape index (κ2) is 13.4. The second-order valence-electron chi connectivity index (χ2n) is 9.30. The standard InChI is InChI=1S/C28H36FN5O5/c1-4-30-28(36)33(12-11-32-13-15-39-16-14-32)19-27(35)34-25(22-17-20(37-2)9-10-26(22)38-3)18-24(31-34)21-7-5-6-8-23(21)29/h5-10,17,25H,4,11-16,18-19H2,1-3H3,(H,30,36)/t25-/m1/s1. The maximum atomic E-state index is 14.7. The predicted molar refractivity (Wildman–Crippen MR) is 145 cm³/mol. The van der Waals surface area contributed by atoms with Crippen LogP contribution in [0.25, 0.3) is 0 Å². The lowest BCUT2D eigenvalue weighted by molar-refractivity contribution is -0.133. The number of carbonyl (C=O) groups is 2. The molecule has 0 spiro atoms. The number of morpholine rings is 1. The Morgan fingerprint density at radius 1 is 1.15 bits per heavy atom. The van der Waals surface area contributed by atoms with Crippen LogP contribution in [-0.2, 0) is 9.53 Å². The molecule has 0 radical (unpaired) electrons. The summed E-state index contributed by atoms with van der Waals surface area (Å²) in [7, 11) is 3.11. The maximum absolute atomic E-state index is 14.7. The van der Waals surface area contributed by atoms with Crippen LogP contribution in [0.1, 0.15) is 30.5 Å². The summed E-state index contributed by atoms with van der Waals surface area (Å²) in [5.74, 6) is 0.337. The average Bonchev–Trinajstić information content (AvgIpc) is 3.41. The number of hydrazone groups is 1. The lowest BCUT2D eigenvalue weighted by Gasteiger charge is -2.31. The van der Waals surface area contributed by atoms with E-state index >= 15 is 0 Å². The van der Waals surface area contributed by atoms with Crippen molar-refractivity contribution in [2.45, 2.75) is 19.4 Å². The zero-order valence-corrected chi connectivity index (χ0v) is 22.7. The van der Waals surface area contributed by atoms with E-state index < -0.39 is 11.9 Å². The van der Waals surface area contributed by atoms with Gasteiger partial charge in [-0.05, 0) is 31.2 Å². The Hall–Kier alpha value is -3.70. The van der Waals surface area contributed by atoms with E-state index in [1.54, 1.807) is 50.6 Å². The van der Waals surface area contributed by atoms with Gasteiger partial charge >= 0.3 is 6.03 Å². The first kappa shape index (κ1) is 28.3. The van der Waals surface area contributed by atoms with Crippen molar-refractivity contribution in [3.05, 3.63) is 59.4 Å². The van der Waals surface area contributed by atoms with Crippen LogP contribution in [0.15, 0.2) is 47.6 Å². The number of hydrogen-bond donors (Lipinski definition) is 1. The third kappa shape index (κ3) is 6.85. The Kier molecular flexibility index (Phi) is 9.72. The number of halogens is 1. The van der Waals surface area contributed by atoms with E-state index in [0.717, 1.165) is 13.1 Å². The molecule has 1 atom stereocenters. The molecule has 2 aromatic carbocycles. The lowest BCUT2D eigenvalue weighted by atomic mass is 9.97. The summed E-state index contributed by atoms with van der Waals surface area (Å²) in [6, 6.07) is 10.8. The van der Waals surface area contributed by atoms with Crippen LogP contribution >= 0.6 is 0 Å². The summed E-state index contributed by atoms with van der Waals surface area (Å²) in [5.41, 5.74) is 1.44. The summed E-state index contributed by atoms with van der Waals surface area (Å²) in [6.07, 6.45) is 0.269. The number of rotatable bonds is 10. The summed E-state index contributed by atoms with van der Waals surface area (Å²) in [6.45, 7) is 5.89. The Labute approximate surface area is 228 Å². The van der Waals surface area contributed by atoms with Gasteiger partial charge in [0, 0.05) is 50.3 Å². The van der Waals surface area contributed by atoms with Gasteiger partial charge in [0.25, 0.3) is 5.91 Å². The lowest BCUT2D eigenvalue weighted by Crippen LogP contribution is -2.49. The molecule has 0 saturated carbocycles. The van der Waals surface area contributed by atoms with Gasteiger partial charge in [-0.2, -0.15) is 5.10 Å². The van der Waals surface area contributed by atoms with Crippen molar-refractivity contribution in [3.8, 4) is 11.5 Å². The predicted octanol–water partition coefficient (Wildman–Crippen LogP) is 2.88. The molecule has 11 heteroatoms. The molecule has 39 heavy (non-hydrogen) atoms. The number of methoxy groups -OCH3 is 2. The van der Waals surface area contributed by atoms with Crippen molar-refractivity contribution >= 4 is 17.6 Å². The van der Waals surface area contributed by atoms with Crippen molar-refractivity contribution < 1.29 is 28.2 Å². The number of urea groups is 1. The summed E-state index contributed by atoms with van der Waals surface area (Å²) >= 11 is 0.